The molecule has 0 aliphatic carbocycles. The summed E-state index contributed by atoms with van der Waals surface area (Å²) in [5, 5.41) is 4.13. The van der Waals surface area contributed by atoms with Crippen LogP contribution in [-0.2, 0) is 4.74 Å². The highest BCUT2D eigenvalue weighted by Crippen LogP contribution is 2.20. The highest BCUT2D eigenvalue weighted by Gasteiger charge is 2.20. The summed E-state index contributed by atoms with van der Waals surface area (Å²) in [4.78, 5) is 16.0. The Labute approximate surface area is 101 Å². The van der Waals surface area contributed by atoms with Gasteiger partial charge in [0.1, 0.15) is 10.2 Å². The molecule has 0 aliphatic heterocycles. The molecular weight excluding hydrogens is 274 g/mol. The number of ether oxygens (including phenoxy) is 1. The smallest absolute Gasteiger partial charge is 0.344 e. The third kappa shape index (κ3) is 1.80. The largest absolute Gasteiger partial charge is 0.462 e. The summed E-state index contributed by atoms with van der Waals surface area (Å²) in [7, 11) is 0. The fourth-order valence-electron chi connectivity index (χ4n) is 1.37. The fraction of sp³-hybridized carbons (Fsp3) is 0.300. The van der Waals surface area contributed by atoms with Crippen LogP contribution in [0.2, 0.25) is 0 Å². The lowest BCUT2D eigenvalue weighted by Gasteiger charge is -2.00. The van der Waals surface area contributed by atoms with Gasteiger partial charge in [-0.3, -0.25) is 0 Å². The number of halogens is 1. The van der Waals surface area contributed by atoms with E-state index in [1.54, 1.807) is 17.6 Å². The van der Waals surface area contributed by atoms with Gasteiger partial charge in [0.15, 0.2) is 5.65 Å². The van der Waals surface area contributed by atoms with Gasteiger partial charge in [-0.15, -0.1) is 0 Å². The maximum absolute atomic E-state index is 11.7. The molecule has 2 rings (SSSR count). The van der Waals surface area contributed by atoms with Crippen LogP contribution in [0.5, 0.6) is 0 Å². The van der Waals surface area contributed by atoms with Gasteiger partial charge in [-0.05, 0) is 35.8 Å². The zero-order valence-corrected chi connectivity index (χ0v) is 10.5. The number of nitrogens with zero attached hydrogens (tertiary/aromatic N) is 3. The topological polar surface area (TPSA) is 56.5 Å². The van der Waals surface area contributed by atoms with Crippen LogP contribution in [0.3, 0.4) is 0 Å². The molecule has 0 unspecified atom stereocenters. The van der Waals surface area contributed by atoms with Crippen molar-refractivity contribution in [2.45, 2.75) is 13.8 Å². The molecule has 0 amide bonds. The summed E-state index contributed by atoms with van der Waals surface area (Å²) in [6, 6.07) is 1.82. The Morgan fingerprint density at radius 1 is 1.62 bits per heavy atom. The summed E-state index contributed by atoms with van der Waals surface area (Å²) in [6.07, 6.45) is 1.76. The van der Waals surface area contributed by atoms with Gasteiger partial charge in [-0.25, -0.2) is 14.3 Å². The molecule has 0 radical (unpaired) electrons. The van der Waals surface area contributed by atoms with Crippen molar-refractivity contribution in [3.8, 4) is 0 Å². The third-order valence-corrected chi connectivity index (χ3v) is 2.62. The number of hydrogen-bond acceptors (Lipinski definition) is 4. The number of fused-ring (bicyclic) bond motifs is 1. The van der Waals surface area contributed by atoms with Crippen LogP contribution < -0.4 is 0 Å². The van der Waals surface area contributed by atoms with E-state index in [2.05, 4.69) is 26.0 Å². The second kappa shape index (κ2) is 4.21. The van der Waals surface area contributed by atoms with Gasteiger partial charge in [0.25, 0.3) is 0 Å². The Hall–Kier alpha value is -1.43. The van der Waals surface area contributed by atoms with E-state index in [0.717, 1.165) is 5.69 Å². The van der Waals surface area contributed by atoms with Gasteiger partial charge in [-0.1, -0.05) is 0 Å². The second-order valence-corrected chi connectivity index (χ2v) is 3.97. The van der Waals surface area contributed by atoms with Crippen LogP contribution in [0, 0.1) is 6.92 Å². The summed E-state index contributed by atoms with van der Waals surface area (Å²) < 4.78 is 6.95. The molecule has 2 aromatic heterocycles. The molecule has 0 aliphatic rings. The minimum Gasteiger partial charge on any atom is -0.462 e. The zero-order chi connectivity index (χ0) is 11.7. The van der Waals surface area contributed by atoms with Crippen molar-refractivity contribution in [3.05, 3.63) is 28.1 Å². The van der Waals surface area contributed by atoms with Crippen LogP contribution in [-0.4, -0.2) is 27.2 Å². The van der Waals surface area contributed by atoms with Crippen LogP contribution in [0.4, 0.5) is 0 Å². The Morgan fingerprint density at radius 3 is 3.06 bits per heavy atom. The summed E-state index contributed by atoms with van der Waals surface area (Å²) in [6.45, 7) is 3.94. The third-order valence-electron chi connectivity index (χ3n) is 2.06. The average Bonchev–Trinajstić information content (AvgIpc) is 2.53. The molecule has 0 aromatic carbocycles. The Morgan fingerprint density at radius 2 is 2.38 bits per heavy atom. The van der Waals surface area contributed by atoms with E-state index in [4.69, 9.17) is 4.74 Å². The van der Waals surface area contributed by atoms with E-state index in [-0.39, 0.29) is 0 Å². The van der Waals surface area contributed by atoms with E-state index in [1.165, 1.54) is 0 Å². The monoisotopic (exact) mass is 283 g/mol. The molecule has 0 spiro atoms. The first-order chi connectivity index (χ1) is 7.63. The zero-order valence-electron chi connectivity index (χ0n) is 8.90. The minimum atomic E-state index is -0.414. The highest BCUT2D eigenvalue weighted by atomic mass is 79.9. The predicted molar refractivity (Wildman–Crippen MR) is 61.4 cm³/mol. The van der Waals surface area contributed by atoms with Crippen molar-refractivity contribution >= 4 is 27.5 Å². The molecule has 16 heavy (non-hydrogen) atoms. The fourth-order valence-corrected chi connectivity index (χ4v) is 1.88. The lowest BCUT2D eigenvalue weighted by molar-refractivity contribution is 0.0527. The first kappa shape index (κ1) is 11.1. The Kier molecular flexibility index (Phi) is 2.91. The maximum atomic E-state index is 11.7. The molecule has 2 aromatic rings. The standard InChI is InChI=1S/C10H10BrN3O2/c1-3-16-10(15)7-8(11)13-14-5-4-6(2)12-9(7)14/h4-5H,3H2,1-2H3. The number of aromatic nitrogens is 3. The molecule has 2 heterocycles. The lowest BCUT2D eigenvalue weighted by atomic mass is 10.3. The van der Waals surface area contributed by atoms with Crippen molar-refractivity contribution in [1.29, 1.82) is 0 Å². The number of aryl methyl sites for hydroxylation is 1. The van der Waals surface area contributed by atoms with Crippen molar-refractivity contribution < 1.29 is 9.53 Å². The predicted octanol–water partition coefficient (Wildman–Crippen LogP) is 1.98. The highest BCUT2D eigenvalue weighted by molar-refractivity contribution is 9.10. The van der Waals surface area contributed by atoms with Crippen LogP contribution in [0.25, 0.3) is 5.65 Å². The maximum Gasteiger partial charge on any atom is 0.344 e. The quantitative estimate of drug-likeness (QED) is 0.791. The van der Waals surface area contributed by atoms with Gasteiger partial charge in [0, 0.05) is 11.9 Å². The van der Waals surface area contributed by atoms with Crippen molar-refractivity contribution in [1.82, 2.24) is 14.6 Å². The molecule has 0 N–H and O–H groups in total. The van der Waals surface area contributed by atoms with E-state index in [1.807, 2.05) is 13.0 Å². The van der Waals surface area contributed by atoms with Crippen molar-refractivity contribution in [3.63, 3.8) is 0 Å². The minimum absolute atomic E-state index is 0.328. The first-order valence-corrected chi connectivity index (χ1v) is 5.61. The summed E-state index contributed by atoms with van der Waals surface area (Å²) >= 11 is 3.23. The first-order valence-electron chi connectivity index (χ1n) is 4.82. The molecule has 0 saturated heterocycles. The van der Waals surface area contributed by atoms with E-state index >= 15 is 0 Å². The Bertz CT molecular complexity index is 550. The lowest BCUT2D eigenvalue weighted by Crippen LogP contribution is -2.05. The second-order valence-electron chi connectivity index (χ2n) is 3.22. The van der Waals surface area contributed by atoms with Crippen molar-refractivity contribution in [2.75, 3.05) is 6.61 Å². The van der Waals surface area contributed by atoms with Gasteiger partial charge in [0.05, 0.1) is 6.61 Å². The molecular formula is C10H10BrN3O2. The van der Waals surface area contributed by atoms with E-state index in [9.17, 15) is 4.79 Å². The van der Waals surface area contributed by atoms with E-state index < -0.39 is 5.97 Å². The number of hydrogen-bond donors (Lipinski definition) is 0. The molecule has 0 atom stereocenters. The molecule has 84 valence electrons. The molecule has 6 heteroatoms. The number of carbonyl (C=O) groups excluding carboxylic acids is 1. The van der Waals surface area contributed by atoms with Crippen LogP contribution in [0.1, 0.15) is 23.0 Å². The van der Waals surface area contributed by atoms with Crippen molar-refractivity contribution in [2.24, 2.45) is 0 Å². The summed E-state index contributed by atoms with van der Waals surface area (Å²) in [5.41, 5.74) is 1.70. The van der Waals surface area contributed by atoms with Gasteiger partial charge in [-0.2, -0.15) is 5.10 Å². The van der Waals surface area contributed by atoms with Crippen LogP contribution in [0.15, 0.2) is 16.9 Å². The molecule has 0 bridgehead atoms. The summed E-state index contributed by atoms with van der Waals surface area (Å²) in [5.74, 6) is -0.414. The average molecular weight is 284 g/mol. The molecule has 5 nitrogen and oxygen atoms in total. The van der Waals surface area contributed by atoms with Gasteiger partial charge < -0.3 is 4.74 Å². The SMILES string of the molecule is CCOC(=O)c1c(Br)nn2ccc(C)nc12. The number of carbonyl (C=O) groups is 1. The normalized spacial score (nSPS) is 10.7. The van der Waals surface area contributed by atoms with E-state index in [0.29, 0.717) is 22.4 Å². The van der Waals surface area contributed by atoms with Gasteiger partial charge >= 0.3 is 5.97 Å². The number of rotatable bonds is 2. The number of esters is 1. The molecule has 0 saturated carbocycles. The molecule has 0 fully saturated rings. The Balaban J connectivity index is 2.62. The van der Waals surface area contributed by atoms with Gasteiger partial charge in [0.2, 0.25) is 0 Å². The van der Waals surface area contributed by atoms with Crippen LogP contribution >= 0.6 is 15.9 Å².